The second-order valence-corrected chi connectivity index (χ2v) is 7.00. The summed E-state index contributed by atoms with van der Waals surface area (Å²) in [4.78, 5) is 0. The predicted octanol–water partition coefficient (Wildman–Crippen LogP) is 6.44. The highest BCUT2D eigenvalue weighted by atomic mass is 16.3. The Morgan fingerprint density at radius 3 is 2.41 bits per heavy atom. The fourth-order valence-corrected chi connectivity index (χ4v) is 4.06. The number of rotatable bonds is 8. The lowest BCUT2D eigenvalue weighted by molar-refractivity contribution is 0.230. The van der Waals surface area contributed by atoms with Crippen LogP contribution >= 0.6 is 0 Å². The van der Waals surface area contributed by atoms with Gasteiger partial charge in [-0.25, -0.2) is 0 Å². The number of unbranched alkanes of at least 4 members (excludes halogenated alkanes) is 2. The van der Waals surface area contributed by atoms with Crippen LogP contribution in [0, 0.1) is 11.8 Å². The van der Waals surface area contributed by atoms with Crippen LogP contribution in [0.25, 0.3) is 0 Å². The summed E-state index contributed by atoms with van der Waals surface area (Å²) >= 11 is 0. The molecule has 1 N–H and O–H groups in total. The molecule has 1 fully saturated rings. The molecule has 1 aliphatic carbocycles. The van der Waals surface area contributed by atoms with Gasteiger partial charge in [0.25, 0.3) is 0 Å². The number of hydrogen-bond acceptors (Lipinski definition) is 1. The maximum atomic E-state index is 9.50. The number of aromatic hydroxyl groups is 1. The Hall–Kier alpha value is -1.24. The summed E-state index contributed by atoms with van der Waals surface area (Å²) in [6.45, 7) is 6.24. The third-order valence-corrected chi connectivity index (χ3v) is 5.42. The van der Waals surface area contributed by atoms with E-state index in [1.165, 1.54) is 56.9 Å². The second kappa shape index (κ2) is 9.02. The molecule has 2 rings (SSSR count). The highest BCUT2D eigenvalue weighted by Gasteiger charge is 2.27. The minimum absolute atomic E-state index is 0.362. The highest BCUT2D eigenvalue weighted by molar-refractivity contribution is 5.29. The van der Waals surface area contributed by atoms with Gasteiger partial charge in [0.05, 0.1) is 0 Å². The molecule has 0 heterocycles. The molecule has 0 saturated heterocycles. The van der Waals surface area contributed by atoms with Gasteiger partial charge in [0.2, 0.25) is 0 Å². The number of hydrogen-bond donors (Lipinski definition) is 1. The lowest BCUT2D eigenvalue weighted by Gasteiger charge is -2.34. The third kappa shape index (κ3) is 4.90. The minimum Gasteiger partial charge on any atom is -0.508 e. The van der Waals surface area contributed by atoms with Crippen LogP contribution < -0.4 is 0 Å². The molecule has 0 bridgehead atoms. The monoisotopic (exact) mass is 300 g/mol. The normalized spacial score (nSPS) is 23.1. The van der Waals surface area contributed by atoms with Gasteiger partial charge in [0, 0.05) is 0 Å². The minimum atomic E-state index is 0.362. The van der Waals surface area contributed by atoms with Gasteiger partial charge in [0.1, 0.15) is 5.75 Å². The van der Waals surface area contributed by atoms with Crippen LogP contribution in [0.5, 0.6) is 5.75 Å². The lowest BCUT2D eigenvalue weighted by Crippen LogP contribution is -2.20. The van der Waals surface area contributed by atoms with Crippen molar-refractivity contribution in [1.82, 2.24) is 0 Å². The molecule has 1 heteroatoms. The fraction of sp³-hybridized carbons (Fsp3) is 0.619. The van der Waals surface area contributed by atoms with Gasteiger partial charge in [-0.1, -0.05) is 63.7 Å². The van der Waals surface area contributed by atoms with Crippen LogP contribution in [0.4, 0.5) is 0 Å². The molecule has 0 aliphatic heterocycles. The molecule has 22 heavy (non-hydrogen) atoms. The molecule has 0 spiro atoms. The first-order valence-electron chi connectivity index (χ1n) is 9.14. The van der Waals surface area contributed by atoms with E-state index < -0.39 is 0 Å². The van der Waals surface area contributed by atoms with Crippen LogP contribution in [0.15, 0.2) is 36.9 Å². The maximum absolute atomic E-state index is 9.50. The summed E-state index contributed by atoms with van der Waals surface area (Å²) < 4.78 is 0. The van der Waals surface area contributed by atoms with Crippen molar-refractivity contribution in [3.05, 3.63) is 42.5 Å². The molecule has 0 aromatic heterocycles. The molecule has 1 aromatic carbocycles. The van der Waals surface area contributed by atoms with Crippen molar-refractivity contribution < 1.29 is 5.11 Å². The van der Waals surface area contributed by atoms with Crippen molar-refractivity contribution in [3.8, 4) is 5.75 Å². The van der Waals surface area contributed by atoms with E-state index >= 15 is 0 Å². The summed E-state index contributed by atoms with van der Waals surface area (Å²) in [7, 11) is 0. The van der Waals surface area contributed by atoms with Crippen molar-refractivity contribution in [2.24, 2.45) is 11.8 Å². The van der Waals surface area contributed by atoms with E-state index in [4.69, 9.17) is 0 Å². The summed E-state index contributed by atoms with van der Waals surface area (Å²) in [6.07, 6.45) is 14.2. The predicted molar refractivity (Wildman–Crippen MR) is 95.3 cm³/mol. The Morgan fingerprint density at radius 2 is 1.82 bits per heavy atom. The van der Waals surface area contributed by atoms with Crippen molar-refractivity contribution in [2.45, 2.75) is 70.6 Å². The number of phenolic OH excluding ortho intramolecular Hbond substituents is 1. The first-order chi connectivity index (χ1) is 10.7. The highest BCUT2D eigenvalue weighted by Crippen LogP contribution is 2.41. The Morgan fingerprint density at radius 1 is 1.14 bits per heavy atom. The zero-order chi connectivity index (χ0) is 15.8. The second-order valence-electron chi connectivity index (χ2n) is 7.00. The first-order valence-corrected chi connectivity index (χ1v) is 9.14. The van der Waals surface area contributed by atoms with E-state index in [2.05, 4.69) is 31.7 Å². The topological polar surface area (TPSA) is 20.2 Å². The molecule has 1 atom stereocenters. The van der Waals surface area contributed by atoms with Gasteiger partial charge in [-0.3, -0.25) is 0 Å². The average Bonchev–Trinajstić information content (AvgIpc) is 2.55. The molecular formula is C21H32O. The molecule has 1 nitrogen and oxygen atoms in total. The van der Waals surface area contributed by atoms with Crippen LogP contribution in [0.3, 0.4) is 0 Å². The summed E-state index contributed by atoms with van der Waals surface area (Å²) in [5, 5.41) is 9.50. The van der Waals surface area contributed by atoms with Gasteiger partial charge in [0.15, 0.2) is 0 Å². The van der Waals surface area contributed by atoms with E-state index in [9.17, 15) is 5.11 Å². The number of benzene rings is 1. The SMILES string of the molecule is C=CCC(c1ccc(O)cc1)C1CCC(CCCCC)CC1. The van der Waals surface area contributed by atoms with Crippen LogP contribution in [0.1, 0.15) is 76.2 Å². The summed E-state index contributed by atoms with van der Waals surface area (Å²) in [6, 6.07) is 7.83. The van der Waals surface area contributed by atoms with Gasteiger partial charge in [-0.2, -0.15) is 0 Å². The molecule has 122 valence electrons. The molecule has 1 unspecified atom stereocenters. The zero-order valence-electron chi connectivity index (χ0n) is 14.1. The van der Waals surface area contributed by atoms with E-state index in [1.807, 2.05) is 12.1 Å². The van der Waals surface area contributed by atoms with Crippen molar-refractivity contribution in [2.75, 3.05) is 0 Å². The lowest BCUT2D eigenvalue weighted by atomic mass is 9.71. The first kappa shape index (κ1) is 17.1. The Balaban J connectivity index is 1.91. The number of allylic oxidation sites excluding steroid dienone is 1. The Bertz CT molecular complexity index is 426. The third-order valence-electron chi connectivity index (χ3n) is 5.42. The van der Waals surface area contributed by atoms with Gasteiger partial charge in [-0.05, 0) is 54.7 Å². The Kier molecular flexibility index (Phi) is 7.02. The van der Waals surface area contributed by atoms with Crippen molar-refractivity contribution >= 4 is 0 Å². The van der Waals surface area contributed by atoms with Crippen molar-refractivity contribution in [3.63, 3.8) is 0 Å². The quantitative estimate of drug-likeness (QED) is 0.432. The van der Waals surface area contributed by atoms with Crippen LogP contribution in [0.2, 0.25) is 0 Å². The molecule has 0 amide bonds. The largest absolute Gasteiger partial charge is 0.508 e. The van der Waals surface area contributed by atoms with Crippen LogP contribution in [-0.2, 0) is 0 Å². The maximum Gasteiger partial charge on any atom is 0.115 e. The van der Waals surface area contributed by atoms with Gasteiger partial charge < -0.3 is 5.11 Å². The van der Waals surface area contributed by atoms with Gasteiger partial charge in [-0.15, -0.1) is 6.58 Å². The van der Waals surface area contributed by atoms with E-state index in [-0.39, 0.29) is 0 Å². The summed E-state index contributed by atoms with van der Waals surface area (Å²) in [5.41, 5.74) is 1.37. The standard InChI is InChI=1S/C21H32O/c1-3-5-6-8-17-9-11-18(12-10-17)21(7-4-2)19-13-15-20(22)16-14-19/h4,13-18,21-22H,2-3,5-12H2,1H3. The molecule has 1 aliphatic rings. The number of phenols is 1. The smallest absolute Gasteiger partial charge is 0.115 e. The zero-order valence-corrected chi connectivity index (χ0v) is 14.1. The molecule has 1 aromatic rings. The molecule has 0 radical (unpaired) electrons. The molecule has 1 saturated carbocycles. The average molecular weight is 300 g/mol. The Labute approximate surface area is 136 Å². The van der Waals surface area contributed by atoms with Crippen molar-refractivity contribution in [1.29, 1.82) is 0 Å². The fourth-order valence-electron chi connectivity index (χ4n) is 4.06. The van der Waals surface area contributed by atoms with Gasteiger partial charge >= 0.3 is 0 Å². The molecular weight excluding hydrogens is 268 g/mol. The van der Waals surface area contributed by atoms with Crippen LogP contribution in [-0.4, -0.2) is 5.11 Å². The van der Waals surface area contributed by atoms with E-state index in [1.54, 1.807) is 0 Å². The summed E-state index contributed by atoms with van der Waals surface area (Å²) in [5.74, 6) is 2.69. The van der Waals surface area contributed by atoms with E-state index in [0.717, 1.165) is 18.3 Å². The van der Waals surface area contributed by atoms with E-state index in [0.29, 0.717) is 11.7 Å².